The van der Waals surface area contributed by atoms with Crippen LogP contribution in [0.15, 0.2) is 12.3 Å². The molecule has 0 atom stereocenters. The number of carbonyl (C=O) groups is 1. The second-order valence-corrected chi connectivity index (χ2v) is 2.97. The highest BCUT2D eigenvalue weighted by Crippen LogP contribution is 2.01. The Morgan fingerprint density at radius 2 is 2.42 bits per heavy atom. The predicted octanol–water partition coefficient (Wildman–Crippen LogP) is 1.72. The fourth-order valence-corrected chi connectivity index (χ4v) is 1.20. The Labute approximate surface area is 73.4 Å². The highest BCUT2D eigenvalue weighted by molar-refractivity contribution is 5.76. The number of nitrogens with zero attached hydrogens (tertiary/aromatic N) is 1. The van der Waals surface area contributed by atoms with Gasteiger partial charge in [0.25, 0.3) is 0 Å². The van der Waals surface area contributed by atoms with E-state index in [9.17, 15) is 4.79 Å². The van der Waals surface area contributed by atoms with E-state index in [4.69, 9.17) is 0 Å². The van der Waals surface area contributed by atoms with Crippen LogP contribution in [0.5, 0.6) is 0 Å². The minimum atomic E-state index is 0.0357. The van der Waals surface area contributed by atoms with Crippen molar-refractivity contribution >= 4 is 6.03 Å². The van der Waals surface area contributed by atoms with E-state index in [0.29, 0.717) is 6.54 Å². The molecule has 3 heteroatoms. The zero-order valence-corrected chi connectivity index (χ0v) is 7.55. The topological polar surface area (TPSA) is 32.3 Å². The molecule has 0 aromatic heterocycles. The van der Waals surface area contributed by atoms with Gasteiger partial charge in [-0.2, -0.15) is 0 Å². The summed E-state index contributed by atoms with van der Waals surface area (Å²) in [7, 11) is 0. The van der Waals surface area contributed by atoms with E-state index in [1.807, 2.05) is 12.3 Å². The molecular weight excluding hydrogens is 152 g/mol. The number of nitrogens with one attached hydrogen (secondary N) is 1. The van der Waals surface area contributed by atoms with Crippen LogP contribution in [-0.4, -0.2) is 24.0 Å². The Balaban J connectivity index is 2.25. The van der Waals surface area contributed by atoms with E-state index in [-0.39, 0.29) is 6.03 Å². The third-order valence-electron chi connectivity index (χ3n) is 1.92. The summed E-state index contributed by atoms with van der Waals surface area (Å²) in [4.78, 5) is 12.9. The normalized spacial score (nSPS) is 16.4. The predicted molar refractivity (Wildman–Crippen MR) is 48.8 cm³/mol. The van der Waals surface area contributed by atoms with Crippen LogP contribution in [0.1, 0.15) is 26.2 Å². The number of carbonyl (C=O) groups excluding carboxylic acids is 1. The van der Waals surface area contributed by atoms with Gasteiger partial charge < -0.3 is 10.2 Å². The van der Waals surface area contributed by atoms with Gasteiger partial charge in [-0.3, -0.25) is 0 Å². The van der Waals surface area contributed by atoms with E-state index in [1.165, 1.54) is 12.8 Å². The molecule has 68 valence electrons. The zero-order chi connectivity index (χ0) is 8.81. The molecule has 0 aliphatic carbocycles. The van der Waals surface area contributed by atoms with Crippen molar-refractivity contribution in [1.29, 1.82) is 0 Å². The average Bonchev–Trinajstić information content (AvgIpc) is 2.09. The SMILES string of the molecule is CCCCCN1C=CCNC1=O. The number of urea groups is 1. The minimum absolute atomic E-state index is 0.0357. The second kappa shape index (κ2) is 4.80. The highest BCUT2D eigenvalue weighted by Gasteiger charge is 2.11. The molecule has 1 aliphatic rings. The Morgan fingerprint density at radius 3 is 3.08 bits per heavy atom. The number of amides is 2. The molecule has 0 saturated carbocycles. The lowest BCUT2D eigenvalue weighted by atomic mass is 10.2. The molecule has 1 N–H and O–H groups in total. The van der Waals surface area contributed by atoms with Gasteiger partial charge in [0.2, 0.25) is 0 Å². The van der Waals surface area contributed by atoms with Crippen LogP contribution in [0, 0.1) is 0 Å². The first-order chi connectivity index (χ1) is 5.84. The lowest BCUT2D eigenvalue weighted by Crippen LogP contribution is -2.40. The Bertz CT molecular complexity index is 177. The monoisotopic (exact) mass is 168 g/mol. The van der Waals surface area contributed by atoms with Gasteiger partial charge in [0.15, 0.2) is 0 Å². The number of hydrogen-bond acceptors (Lipinski definition) is 1. The van der Waals surface area contributed by atoms with E-state index in [1.54, 1.807) is 4.90 Å². The maximum Gasteiger partial charge on any atom is 0.321 e. The largest absolute Gasteiger partial charge is 0.334 e. The van der Waals surface area contributed by atoms with Crippen LogP contribution in [0.3, 0.4) is 0 Å². The van der Waals surface area contributed by atoms with Crippen LogP contribution in [-0.2, 0) is 0 Å². The molecule has 1 rings (SSSR count). The Morgan fingerprint density at radius 1 is 1.58 bits per heavy atom. The minimum Gasteiger partial charge on any atom is -0.334 e. The van der Waals surface area contributed by atoms with Gasteiger partial charge in [-0.1, -0.05) is 19.8 Å². The Kier molecular flexibility index (Phi) is 3.64. The first-order valence-corrected chi connectivity index (χ1v) is 4.55. The molecule has 0 aromatic rings. The van der Waals surface area contributed by atoms with Crippen LogP contribution >= 0.6 is 0 Å². The van der Waals surface area contributed by atoms with Gasteiger partial charge in [0.05, 0.1) is 0 Å². The summed E-state index contributed by atoms with van der Waals surface area (Å²) < 4.78 is 0. The Hall–Kier alpha value is -0.990. The number of unbranched alkanes of at least 4 members (excludes halogenated alkanes) is 2. The average molecular weight is 168 g/mol. The zero-order valence-electron chi connectivity index (χ0n) is 7.55. The van der Waals surface area contributed by atoms with Gasteiger partial charge in [-0.25, -0.2) is 4.79 Å². The summed E-state index contributed by atoms with van der Waals surface area (Å²) in [5.74, 6) is 0. The molecule has 0 fully saturated rings. The molecule has 2 amide bonds. The third-order valence-corrected chi connectivity index (χ3v) is 1.92. The summed E-state index contributed by atoms with van der Waals surface area (Å²) >= 11 is 0. The molecular formula is C9H16N2O. The van der Waals surface area contributed by atoms with Crippen LogP contribution in [0.25, 0.3) is 0 Å². The molecule has 0 aromatic carbocycles. The van der Waals surface area contributed by atoms with Crippen LogP contribution in [0.2, 0.25) is 0 Å². The molecule has 0 radical (unpaired) electrons. The van der Waals surface area contributed by atoms with Crippen molar-refractivity contribution in [2.24, 2.45) is 0 Å². The standard InChI is InChI=1S/C9H16N2O/c1-2-3-4-7-11-8-5-6-10-9(11)12/h5,8H,2-4,6-7H2,1H3,(H,10,12). The van der Waals surface area contributed by atoms with Crippen molar-refractivity contribution in [3.8, 4) is 0 Å². The molecule has 0 spiro atoms. The molecule has 0 bridgehead atoms. The number of rotatable bonds is 4. The van der Waals surface area contributed by atoms with Gasteiger partial charge in [0.1, 0.15) is 0 Å². The molecule has 1 heterocycles. The van der Waals surface area contributed by atoms with Crippen molar-refractivity contribution in [3.05, 3.63) is 12.3 Å². The van der Waals surface area contributed by atoms with Crippen molar-refractivity contribution in [1.82, 2.24) is 10.2 Å². The molecule has 12 heavy (non-hydrogen) atoms. The molecule has 1 aliphatic heterocycles. The van der Waals surface area contributed by atoms with Crippen LogP contribution < -0.4 is 5.32 Å². The highest BCUT2D eigenvalue weighted by atomic mass is 16.2. The van der Waals surface area contributed by atoms with Gasteiger partial charge in [0, 0.05) is 19.3 Å². The summed E-state index contributed by atoms with van der Waals surface area (Å²) in [5.41, 5.74) is 0. The summed E-state index contributed by atoms with van der Waals surface area (Å²) in [5, 5.41) is 2.76. The van der Waals surface area contributed by atoms with E-state index in [0.717, 1.165) is 13.0 Å². The second-order valence-electron chi connectivity index (χ2n) is 2.97. The van der Waals surface area contributed by atoms with E-state index < -0.39 is 0 Å². The van der Waals surface area contributed by atoms with Gasteiger partial charge in [-0.05, 0) is 12.5 Å². The van der Waals surface area contributed by atoms with Crippen molar-refractivity contribution in [3.63, 3.8) is 0 Å². The quantitative estimate of drug-likeness (QED) is 0.637. The fraction of sp³-hybridized carbons (Fsp3) is 0.667. The molecule has 0 unspecified atom stereocenters. The smallest absolute Gasteiger partial charge is 0.321 e. The summed E-state index contributed by atoms with van der Waals surface area (Å²) in [6, 6.07) is 0.0357. The van der Waals surface area contributed by atoms with Crippen molar-refractivity contribution in [2.45, 2.75) is 26.2 Å². The summed E-state index contributed by atoms with van der Waals surface area (Å²) in [6.07, 6.45) is 7.31. The van der Waals surface area contributed by atoms with E-state index in [2.05, 4.69) is 12.2 Å². The molecule has 0 saturated heterocycles. The van der Waals surface area contributed by atoms with Gasteiger partial charge >= 0.3 is 6.03 Å². The first kappa shape index (κ1) is 9.10. The van der Waals surface area contributed by atoms with E-state index >= 15 is 0 Å². The number of hydrogen-bond donors (Lipinski definition) is 1. The third kappa shape index (κ3) is 2.57. The van der Waals surface area contributed by atoms with Crippen molar-refractivity contribution < 1.29 is 4.79 Å². The van der Waals surface area contributed by atoms with Crippen LogP contribution in [0.4, 0.5) is 4.79 Å². The lowest BCUT2D eigenvalue weighted by Gasteiger charge is -2.21. The first-order valence-electron chi connectivity index (χ1n) is 4.55. The van der Waals surface area contributed by atoms with Crippen molar-refractivity contribution in [2.75, 3.05) is 13.1 Å². The summed E-state index contributed by atoms with van der Waals surface area (Å²) in [6.45, 7) is 3.67. The van der Waals surface area contributed by atoms with Gasteiger partial charge in [-0.15, -0.1) is 0 Å². The maximum atomic E-state index is 11.2. The lowest BCUT2D eigenvalue weighted by molar-refractivity contribution is 0.213. The fourth-order valence-electron chi connectivity index (χ4n) is 1.20. The maximum absolute atomic E-state index is 11.2. The molecule has 3 nitrogen and oxygen atoms in total.